The number of halogens is 2. The molecule has 0 amide bonds. The van der Waals surface area contributed by atoms with Crippen molar-refractivity contribution >= 4 is 37.5 Å². The zero-order valence-electron chi connectivity index (χ0n) is 10.3. The van der Waals surface area contributed by atoms with E-state index in [1.165, 1.54) is 0 Å². The van der Waals surface area contributed by atoms with E-state index >= 15 is 0 Å². The van der Waals surface area contributed by atoms with Crippen molar-refractivity contribution < 1.29 is 9.84 Å². The standard InChI is InChI=1S/C14H13Br2NO2/c1-19-14-12(15)5-9(6-13(14)16)8-17-10-3-2-4-11(18)7-10/h2-7,17-18H,8H2,1H3. The van der Waals surface area contributed by atoms with Gasteiger partial charge in [-0.1, -0.05) is 6.07 Å². The zero-order valence-corrected chi connectivity index (χ0v) is 13.5. The van der Waals surface area contributed by atoms with Gasteiger partial charge in [-0.15, -0.1) is 0 Å². The van der Waals surface area contributed by atoms with Crippen LogP contribution in [0.3, 0.4) is 0 Å². The van der Waals surface area contributed by atoms with Crippen LogP contribution >= 0.6 is 31.9 Å². The molecule has 100 valence electrons. The minimum atomic E-state index is 0.252. The van der Waals surface area contributed by atoms with E-state index < -0.39 is 0 Å². The maximum atomic E-state index is 9.40. The van der Waals surface area contributed by atoms with Crippen LogP contribution in [-0.4, -0.2) is 12.2 Å². The van der Waals surface area contributed by atoms with Gasteiger partial charge in [0.05, 0.1) is 16.1 Å². The first-order chi connectivity index (χ1) is 9.10. The van der Waals surface area contributed by atoms with Crippen LogP contribution in [0.5, 0.6) is 11.5 Å². The van der Waals surface area contributed by atoms with Crippen LogP contribution < -0.4 is 10.1 Å². The molecule has 0 aliphatic carbocycles. The Bertz CT molecular complexity index is 564. The van der Waals surface area contributed by atoms with E-state index in [-0.39, 0.29) is 5.75 Å². The van der Waals surface area contributed by atoms with Crippen molar-refractivity contribution in [2.45, 2.75) is 6.54 Å². The Balaban J connectivity index is 2.12. The van der Waals surface area contributed by atoms with E-state index in [2.05, 4.69) is 37.2 Å². The third-order valence-corrected chi connectivity index (χ3v) is 3.78. The van der Waals surface area contributed by atoms with Crippen molar-refractivity contribution in [3.63, 3.8) is 0 Å². The quantitative estimate of drug-likeness (QED) is 0.810. The van der Waals surface area contributed by atoms with Gasteiger partial charge in [-0.25, -0.2) is 0 Å². The second kappa shape index (κ2) is 6.30. The van der Waals surface area contributed by atoms with Crippen molar-refractivity contribution in [3.8, 4) is 11.5 Å². The Hall–Kier alpha value is -1.20. The summed E-state index contributed by atoms with van der Waals surface area (Å²) < 4.78 is 7.06. The topological polar surface area (TPSA) is 41.5 Å². The van der Waals surface area contributed by atoms with E-state index in [1.54, 1.807) is 25.3 Å². The highest BCUT2D eigenvalue weighted by Gasteiger charge is 2.07. The van der Waals surface area contributed by atoms with Crippen LogP contribution in [0.25, 0.3) is 0 Å². The minimum Gasteiger partial charge on any atom is -0.508 e. The van der Waals surface area contributed by atoms with Gasteiger partial charge in [0.25, 0.3) is 0 Å². The molecule has 3 nitrogen and oxygen atoms in total. The van der Waals surface area contributed by atoms with Crippen LogP contribution in [0.2, 0.25) is 0 Å². The number of benzene rings is 2. The second-order valence-electron chi connectivity index (χ2n) is 4.00. The summed E-state index contributed by atoms with van der Waals surface area (Å²) in [5, 5.41) is 12.6. The number of hydrogen-bond donors (Lipinski definition) is 2. The van der Waals surface area contributed by atoms with Gasteiger partial charge in [-0.2, -0.15) is 0 Å². The van der Waals surface area contributed by atoms with E-state index in [0.717, 1.165) is 25.9 Å². The molecule has 0 fully saturated rings. The highest BCUT2D eigenvalue weighted by molar-refractivity contribution is 9.11. The molecule has 0 saturated carbocycles. The smallest absolute Gasteiger partial charge is 0.147 e. The first-order valence-electron chi connectivity index (χ1n) is 5.65. The molecule has 2 aromatic carbocycles. The number of hydrogen-bond acceptors (Lipinski definition) is 3. The fourth-order valence-electron chi connectivity index (χ4n) is 1.73. The van der Waals surface area contributed by atoms with Gasteiger partial charge in [0.1, 0.15) is 11.5 Å². The lowest BCUT2D eigenvalue weighted by Gasteiger charge is -2.11. The van der Waals surface area contributed by atoms with Crippen molar-refractivity contribution in [2.75, 3.05) is 12.4 Å². The summed E-state index contributed by atoms with van der Waals surface area (Å²) in [6.07, 6.45) is 0. The molecule has 19 heavy (non-hydrogen) atoms. The molecule has 0 unspecified atom stereocenters. The summed E-state index contributed by atoms with van der Waals surface area (Å²) in [6, 6.07) is 11.0. The van der Waals surface area contributed by atoms with Gasteiger partial charge in [-0.05, 0) is 61.7 Å². The number of nitrogens with one attached hydrogen (secondary N) is 1. The molecule has 0 atom stereocenters. The first-order valence-corrected chi connectivity index (χ1v) is 7.23. The first kappa shape index (κ1) is 14.2. The SMILES string of the molecule is COc1c(Br)cc(CNc2cccc(O)c2)cc1Br. The van der Waals surface area contributed by atoms with Crippen molar-refractivity contribution in [2.24, 2.45) is 0 Å². The van der Waals surface area contributed by atoms with E-state index in [9.17, 15) is 5.11 Å². The highest BCUT2D eigenvalue weighted by Crippen LogP contribution is 2.34. The number of anilines is 1. The molecule has 2 N–H and O–H groups in total. The summed E-state index contributed by atoms with van der Waals surface area (Å²) in [5.41, 5.74) is 1.98. The van der Waals surface area contributed by atoms with Gasteiger partial charge >= 0.3 is 0 Å². The molecule has 0 bridgehead atoms. The predicted octanol–water partition coefficient (Wildman–Crippen LogP) is 4.54. The third-order valence-electron chi connectivity index (χ3n) is 2.60. The Kier molecular flexibility index (Phi) is 4.71. The van der Waals surface area contributed by atoms with E-state index in [0.29, 0.717) is 6.54 Å². The summed E-state index contributed by atoms with van der Waals surface area (Å²) in [5.74, 6) is 1.03. The van der Waals surface area contributed by atoms with Gasteiger partial charge in [-0.3, -0.25) is 0 Å². The number of ether oxygens (including phenoxy) is 1. The molecule has 0 aromatic heterocycles. The van der Waals surface area contributed by atoms with Crippen LogP contribution in [0.1, 0.15) is 5.56 Å². The number of aromatic hydroxyl groups is 1. The molecule has 0 radical (unpaired) electrons. The maximum absolute atomic E-state index is 9.40. The summed E-state index contributed by atoms with van der Waals surface area (Å²) in [4.78, 5) is 0. The molecule has 0 aliphatic rings. The van der Waals surface area contributed by atoms with Crippen LogP contribution in [0.4, 0.5) is 5.69 Å². The Labute approximate surface area is 128 Å². The van der Waals surface area contributed by atoms with Crippen LogP contribution in [0.15, 0.2) is 45.3 Å². The van der Waals surface area contributed by atoms with Gasteiger partial charge in [0.2, 0.25) is 0 Å². The zero-order chi connectivity index (χ0) is 13.8. The van der Waals surface area contributed by atoms with Crippen LogP contribution in [-0.2, 0) is 6.54 Å². The molecule has 0 spiro atoms. The highest BCUT2D eigenvalue weighted by atomic mass is 79.9. The lowest BCUT2D eigenvalue weighted by molar-refractivity contribution is 0.409. The summed E-state index contributed by atoms with van der Waals surface area (Å²) >= 11 is 6.95. The average molecular weight is 387 g/mol. The number of phenolic OH excluding ortho intramolecular Hbond substituents is 1. The Morgan fingerprint density at radius 2 is 1.84 bits per heavy atom. The normalized spacial score (nSPS) is 10.3. The molecule has 5 heteroatoms. The molecule has 0 saturated heterocycles. The van der Waals surface area contributed by atoms with E-state index in [1.807, 2.05) is 18.2 Å². The number of methoxy groups -OCH3 is 1. The number of rotatable bonds is 4. The fourth-order valence-corrected chi connectivity index (χ4v) is 3.33. The van der Waals surface area contributed by atoms with Gasteiger partial charge in [0.15, 0.2) is 0 Å². The summed E-state index contributed by atoms with van der Waals surface area (Å²) in [7, 11) is 1.63. The Morgan fingerprint density at radius 1 is 1.16 bits per heavy atom. The van der Waals surface area contributed by atoms with Crippen molar-refractivity contribution in [1.29, 1.82) is 0 Å². The fraction of sp³-hybridized carbons (Fsp3) is 0.143. The molecular formula is C14H13Br2NO2. The third kappa shape index (κ3) is 3.64. The molecule has 0 aliphatic heterocycles. The molecular weight excluding hydrogens is 374 g/mol. The lowest BCUT2D eigenvalue weighted by atomic mass is 10.2. The monoisotopic (exact) mass is 385 g/mol. The van der Waals surface area contributed by atoms with E-state index in [4.69, 9.17) is 4.74 Å². The van der Waals surface area contributed by atoms with Crippen molar-refractivity contribution in [1.82, 2.24) is 0 Å². The Morgan fingerprint density at radius 3 is 2.42 bits per heavy atom. The average Bonchev–Trinajstić information content (AvgIpc) is 2.36. The molecule has 0 heterocycles. The maximum Gasteiger partial charge on any atom is 0.147 e. The minimum absolute atomic E-state index is 0.252. The molecule has 2 rings (SSSR count). The lowest BCUT2D eigenvalue weighted by Crippen LogP contribution is -2.00. The molecule has 2 aromatic rings. The van der Waals surface area contributed by atoms with Crippen LogP contribution in [0, 0.1) is 0 Å². The van der Waals surface area contributed by atoms with Gasteiger partial charge in [0, 0.05) is 18.3 Å². The van der Waals surface area contributed by atoms with Gasteiger partial charge < -0.3 is 15.2 Å². The largest absolute Gasteiger partial charge is 0.508 e. The summed E-state index contributed by atoms with van der Waals surface area (Å²) in [6.45, 7) is 0.657. The van der Waals surface area contributed by atoms with Crippen molar-refractivity contribution in [3.05, 3.63) is 50.9 Å². The predicted molar refractivity (Wildman–Crippen MR) is 83.8 cm³/mol. The number of phenols is 1. The second-order valence-corrected chi connectivity index (χ2v) is 5.71.